The first-order valence-electron chi connectivity index (χ1n) is 8.03. The molecule has 0 saturated carbocycles. The molecule has 7 heteroatoms. The highest BCUT2D eigenvalue weighted by Gasteiger charge is 2.11. The molecule has 2 aromatic heterocycles. The standard InChI is InChI=1S/C19H16N2O3S2/c1-25-13-5-2-11(3-6-13)10-17-20-14-8-12(4-7-15(14)24-17)9-16-18(22)21-19(23)26-16/h2-8,22H,9-10H2,1H3,(H,21,23). The second kappa shape index (κ2) is 7.01. The van der Waals surface area contributed by atoms with Gasteiger partial charge in [0, 0.05) is 17.7 Å². The number of aromatic nitrogens is 2. The second-order valence-corrected chi connectivity index (χ2v) is 7.84. The van der Waals surface area contributed by atoms with E-state index < -0.39 is 0 Å². The number of hydrogen-bond donors (Lipinski definition) is 2. The van der Waals surface area contributed by atoms with Gasteiger partial charge in [0.2, 0.25) is 5.88 Å². The molecule has 0 aliphatic carbocycles. The van der Waals surface area contributed by atoms with Gasteiger partial charge in [-0.25, -0.2) is 4.98 Å². The van der Waals surface area contributed by atoms with E-state index in [1.807, 2.05) is 18.2 Å². The molecule has 132 valence electrons. The summed E-state index contributed by atoms with van der Waals surface area (Å²) in [6.45, 7) is 0. The number of thioether (sulfide) groups is 1. The highest BCUT2D eigenvalue weighted by atomic mass is 32.2. The van der Waals surface area contributed by atoms with Gasteiger partial charge in [0.05, 0.1) is 4.88 Å². The zero-order valence-electron chi connectivity index (χ0n) is 14.0. The number of fused-ring (bicyclic) bond motifs is 1. The monoisotopic (exact) mass is 384 g/mol. The predicted molar refractivity (Wildman–Crippen MR) is 104 cm³/mol. The summed E-state index contributed by atoms with van der Waals surface area (Å²) >= 11 is 2.73. The number of nitrogens with one attached hydrogen (secondary N) is 1. The Morgan fingerprint density at radius 3 is 2.62 bits per heavy atom. The molecule has 0 amide bonds. The highest BCUT2D eigenvalue weighted by Crippen LogP contribution is 2.24. The van der Waals surface area contributed by atoms with Crippen molar-refractivity contribution >= 4 is 34.2 Å². The Balaban J connectivity index is 1.56. The first-order valence-corrected chi connectivity index (χ1v) is 10.1. The third-order valence-electron chi connectivity index (χ3n) is 4.08. The lowest BCUT2D eigenvalue weighted by Crippen LogP contribution is -1.89. The minimum atomic E-state index is -0.255. The largest absolute Gasteiger partial charge is 0.494 e. The fraction of sp³-hybridized carbons (Fsp3) is 0.158. The molecule has 0 fully saturated rings. The maximum atomic E-state index is 11.3. The summed E-state index contributed by atoms with van der Waals surface area (Å²) in [5, 5.41) is 9.73. The van der Waals surface area contributed by atoms with E-state index in [0.717, 1.165) is 33.6 Å². The number of thiazole rings is 1. The van der Waals surface area contributed by atoms with Gasteiger partial charge in [0.25, 0.3) is 0 Å². The molecule has 0 bridgehead atoms. The topological polar surface area (TPSA) is 79.1 Å². The van der Waals surface area contributed by atoms with E-state index >= 15 is 0 Å². The number of nitrogens with zero attached hydrogens (tertiary/aromatic N) is 1. The summed E-state index contributed by atoms with van der Waals surface area (Å²) in [5.41, 5.74) is 3.63. The molecule has 4 aromatic rings. The third kappa shape index (κ3) is 3.54. The highest BCUT2D eigenvalue weighted by molar-refractivity contribution is 7.98. The summed E-state index contributed by atoms with van der Waals surface area (Å²) in [7, 11) is 0. The molecule has 0 spiro atoms. The van der Waals surface area contributed by atoms with E-state index in [0.29, 0.717) is 23.6 Å². The Morgan fingerprint density at radius 1 is 1.15 bits per heavy atom. The van der Waals surface area contributed by atoms with Gasteiger partial charge in [-0.2, -0.15) is 0 Å². The lowest BCUT2D eigenvalue weighted by atomic mass is 10.1. The zero-order valence-corrected chi connectivity index (χ0v) is 15.6. The van der Waals surface area contributed by atoms with Crippen LogP contribution in [0.1, 0.15) is 21.9 Å². The minimum Gasteiger partial charge on any atom is -0.494 e. The number of rotatable bonds is 5. The molecule has 0 atom stereocenters. The van der Waals surface area contributed by atoms with Gasteiger partial charge in [-0.15, -0.1) is 11.8 Å². The average molecular weight is 384 g/mol. The van der Waals surface area contributed by atoms with E-state index in [1.54, 1.807) is 11.8 Å². The number of oxazole rings is 1. The van der Waals surface area contributed by atoms with Crippen molar-refractivity contribution in [3.63, 3.8) is 0 Å². The average Bonchev–Trinajstić information content (AvgIpc) is 3.17. The number of benzene rings is 2. The third-order valence-corrected chi connectivity index (χ3v) is 5.69. The smallest absolute Gasteiger partial charge is 0.307 e. The van der Waals surface area contributed by atoms with Crippen molar-refractivity contribution in [1.29, 1.82) is 0 Å². The van der Waals surface area contributed by atoms with Crippen LogP contribution in [-0.4, -0.2) is 21.3 Å². The van der Waals surface area contributed by atoms with E-state index in [9.17, 15) is 9.90 Å². The molecule has 4 rings (SSSR count). The molecule has 5 nitrogen and oxygen atoms in total. The van der Waals surface area contributed by atoms with Crippen LogP contribution in [0.5, 0.6) is 5.88 Å². The summed E-state index contributed by atoms with van der Waals surface area (Å²) in [4.78, 5) is 19.9. The number of aromatic hydroxyl groups is 1. The Hall–Kier alpha value is -2.51. The molecule has 0 aliphatic heterocycles. The van der Waals surface area contributed by atoms with Crippen molar-refractivity contribution in [2.45, 2.75) is 17.7 Å². The van der Waals surface area contributed by atoms with Gasteiger partial charge in [0.1, 0.15) is 5.52 Å². The molecular weight excluding hydrogens is 368 g/mol. The molecule has 26 heavy (non-hydrogen) atoms. The molecule has 2 aromatic carbocycles. The van der Waals surface area contributed by atoms with Gasteiger partial charge in [-0.1, -0.05) is 29.5 Å². The quantitative estimate of drug-likeness (QED) is 0.505. The lowest BCUT2D eigenvalue weighted by molar-refractivity contribution is 0.451. The number of aromatic amines is 1. The van der Waals surface area contributed by atoms with Crippen molar-refractivity contribution < 1.29 is 9.52 Å². The Labute approximate surface area is 157 Å². The van der Waals surface area contributed by atoms with Gasteiger partial charge >= 0.3 is 4.87 Å². The molecule has 0 unspecified atom stereocenters. The first kappa shape index (κ1) is 16.9. The van der Waals surface area contributed by atoms with Gasteiger partial charge in [-0.3, -0.25) is 9.78 Å². The van der Waals surface area contributed by atoms with Crippen LogP contribution in [0.25, 0.3) is 11.1 Å². The Morgan fingerprint density at radius 2 is 1.92 bits per heavy atom. The minimum absolute atomic E-state index is 0.0605. The van der Waals surface area contributed by atoms with Crippen molar-refractivity contribution in [3.05, 3.63) is 74.0 Å². The van der Waals surface area contributed by atoms with Crippen LogP contribution in [0.4, 0.5) is 0 Å². The fourth-order valence-corrected chi connectivity index (χ4v) is 3.95. The Bertz CT molecular complexity index is 1110. The van der Waals surface area contributed by atoms with Crippen molar-refractivity contribution in [2.75, 3.05) is 6.26 Å². The SMILES string of the molecule is CSc1ccc(Cc2nc3cc(Cc4sc(=O)[nH]c4O)ccc3o2)cc1. The number of H-pyrrole nitrogens is 1. The molecule has 2 heterocycles. The molecule has 0 radical (unpaired) electrons. The van der Waals surface area contributed by atoms with Gasteiger partial charge in [0.15, 0.2) is 11.5 Å². The predicted octanol–water partition coefficient (Wildman–Crippen LogP) is 4.19. The maximum absolute atomic E-state index is 11.3. The summed E-state index contributed by atoms with van der Waals surface area (Å²) in [5.74, 6) is 0.609. The molecule has 0 saturated heterocycles. The summed E-state index contributed by atoms with van der Waals surface area (Å²) in [6, 6.07) is 14.1. The van der Waals surface area contributed by atoms with E-state index in [-0.39, 0.29) is 10.8 Å². The molecule has 2 N–H and O–H groups in total. The van der Waals surface area contributed by atoms with Crippen LogP contribution in [-0.2, 0) is 12.8 Å². The van der Waals surface area contributed by atoms with Gasteiger partial charge < -0.3 is 9.52 Å². The van der Waals surface area contributed by atoms with Crippen molar-refractivity contribution in [3.8, 4) is 5.88 Å². The van der Waals surface area contributed by atoms with E-state index in [1.165, 1.54) is 4.90 Å². The van der Waals surface area contributed by atoms with Crippen molar-refractivity contribution in [2.24, 2.45) is 0 Å². The maximum Gasteiger partial charge on any atom is 0.307 e. The second-order valence-electron chi connectivity index (χ2n) is 5.90. The van der Waals surface area contributed by atoms with E-state index in [2.05, 4.69) is 40.5 Å². The normalized spacial score (nSPS) is 11.3. The molecule has 0 aliphatic rings. The first-order chi connectivity index (χ1) is 12.6. The summed E-state index contributed by atoms with van der Waals surface area (Å²) in [6.07, 6.45) is 3.17. The van der Waals surface area contributed by atoms with Crippen LogP contribution < -0.4 is 4.87 Å². The van der Waals surface area contributed by atoms with Crippen LogP contribution in [0.15, 0.2) is 56.6 Å². The number of hydrogen-bond acceptors (Lipinski definition) is 6. The van der Waals surface area contributed by atoms with Crippen LogP contribution in [0, 0.1) is 0 Å². The van der Waals surface area contributed by atoms with Gasteiger partial charge in [-0.05, 0) is 41.6 Å². The van der Waals surface area contributed by atoms with E-state index in [4.69, 9.17) is 4.42 Å². The van der Waals surface area contributed by atoms with Crippen LogP contribution >= 0.6 is 23.1 Å². The van der Waals surface area contributed by atoms with Crippen LogP contribution in [0.2, 0.25) is 0 Å². The molecular formula is C19H16N2O3S2. The summed E-state index contributed by atoms with van der Waals surface area (Å²) < 4.78 is 5.84. The Kier molecular flexibility index (Phi) is 4.57. The fourth-order valence-electron chi connectivity index (χ4n) is 2.78. The van der Waals surface area contributed by atoms with Crippen LogP contribution in [0.3, 0.4) is 0 Å². The zero-order chi connectivity index (χ0) is 18.1. The lowest BCUT2D eigenvalue weighted by Gasteiger charge is -1.99. The van der Waals surface area contributed by atoms with Crippen molar-refractivity contribution in [1.82, 2.24) is 9.97 Å².